The van der Waals surface area contributed by atoms with E-state index in [0.717, 1.165) is 18.4 Å². The van der Waals surface area contributed by atoms with E-state index in [0.29, 0.717) is 11.8 Å². The molecule has 0 radical (unpaired) electrons. The summed E-state index contributed by atoms with van der Waals surface area (Å²) in [4.78, 5) is 11.1. The zero-order valence-electron chi connectivity index (χ0n) is 12.2. The van der Waals surface area contributed by atoms with E-state index >= 15 is 0 Å². The molecule has 0 aliphatic carbocycles. The normalized spacial score (nSPS) is 12.5. The molecule has 17 heavy (non-hydrogen) atoms. The Kier molecular flexibility index (Phi) is 10.3. The molecule has 0 saturated heterocycles. The maximum Gasteiger partial charge on any atom is 0.123 e. The van der Waals surface area contributed by atoms with Gasteiger partial charge in [-0.3, -0.25) is 0 Å². The molecule has 0 rings (SSSR count). The first-order valence-corrected chi connectivity index (χ1v) is 7.41. The molecule has 0 N–H and O–H groups in total. The molecule has 0 spiro atoms. The van der Waals surface area contributed by atoms with Crippen LogP contribution in [0.15, 0.2) is 5.57 Å². The van der Waals surface area contributed by atoms with Crippen LogP contribution in [0.1, 0.15) is 79.1 Å². The number of hydrogen-bond donors (Lipinski definition) is 0. The van der Waals surface area contributed by atoms with Gasteiger partial charge in [0.05, 0.1) is 0 Å². The Morgan fingerprint density at radius 3 is 2.06 bits per heavy atom. The number of rotatable bonds is 10. The van der Waals surface area contributed by atoms with E-state index in [2.05, 4.69) is 33.6 Å². The molecule has 0 heterocycles. The van der Waals surface area contributed by atoms with Gasteiger partial charge in [0.1, 0.15) is 5.94 Å². The van der Waals surface area contributed by atoms with Gasteiger partial charge in [-0.2, -0.15) is 0 Å². The molecule has 0 saturated carbocycles. The van der Waals surface area contributed by atoms with Crippen LogP contribution in [0.25, 0.3) is 0 Å². The molecule has 0 aromatic heterocycles. The predicted octanol–water partition coefficient (Wildman–Crippen LogP) is 5.18. The fourth-order valence-corrected chi connectivity index (χ4v) is 2.40. The number of unbranched alkanes of at least 4 members (excludes halogenated alkanes) is 4. The lowest BCUT2D eigenvalue weighted by molar-refractivity contribution is 0.386. The van der Waals surface area contributed by atoms with Gasteiger partial charge < -0.3 is 0 Å². The van der Waals surface area contributed by atoms with E-state index in [4.69, 9.17) is 0 Å². The van der Waals surface area contributed by atoms with Crippen molar-refractivity contribution in [3.63, 3.8) is 0 Å². The fraction of sp³-hybridized carbons (Fsp3) is 0.875. The highest BCUT2D eigenvalue weighted by Gasteiger charge is 2.18. The average Bonchev–Trinajstić information content (AvgIpc) is 2.31. The second-order valence-electron chi connectivity index (χ2n) is 5.43. The van der Waals surface area contributed by atoms with Gasteiger partial charge in [0.15, 0.2) is 0 Å². The highest BCUT2D eigenvalue weighted by Crippen LogP contribution is 2.28. The van der Waals surface area contributed by atoms with Crippen LogP contribution in [0.2, 0.25) is 0 Å². The van der Waals surface area contributed by atoms with Crippen molar-refractivity contribution < 1.29 is 4.79 Å². The lowest BCUT2D eigenvalue weighted by atomic mass is 9.82. The van der Waals surface area contributed by atoms with Crippen LogP contribution < -0.4 is 0 Å². The standard InChI is InChI=1S/C16H30O/c1-5-7-9-11-15(13-17)16(14(3)4)12-10-8-6-2/h14,16H,5-12H2,1-4H3. The minimum Gasteiger partial charge on any atom is -0.234 e. The van der Waals surface area contributed by atoms with Gasteiger partial charge >= 0.3 is 0 Å². The van der Waals surface area contributed by atoms with Crippen LogP contribution in [0.3, 0.4) is 0 Å². The molecule has 1 unspecified atom stereocenters. The Hall–Kier alpha value is -0.550. The molecule has 0 aromatic carbocycles. The Bertz CT molecular complexity index is 224. The van der Waals surface area contributed by atoms with Gasteiger partial charge in [0.2, 0.25) is 0 Å². The summed E-state index contributed by atoms with van der Waals surface area (Å²) < 4.78 is 0. The third kappa shape index (κ3) is 7.39. The van der Waals surface area contributed by atoms with E-state index in [-0.39, 0.29) is 0 Å². The highest BCUT2D eigenvalue weighted by atomic mass is 16.1. The third-order valence-corrected chi connectivity index (χ3v) is 3.55. The van der Waals surface area contributed by atoms with Crippen molar-refractivity contribution in [3.05, 3.63) is 5.57 Å². The molecule has 0 aliphatic heterocycles. The van der Waals surface area contributed by atoms with Crippen LogP contribution in [-0.2, 0) is 4.79 Å². The topological polar surface area (TPSA) is 17.1 Å². The lowest BCUT2D eigenvalue weighted by Crippen LogP contribution is -2.13. The number of hydrogen-bond acceptors (Lipinski definition) is 1. The van der Waals surface area contributed by atoms with Gasteiger partial charge in [0.25, 0.3) is 0 Å². The van der Waals surface area contributed by atoms with Gasteiger partial charge in [-0.1, -0.05) is 59.8 Å². The second-order valence-corrected chi connectivity index (χ2v) is 5.43. The van der Waals surface area contributed by atoms with Crippen molar-refractivity contribution in [2.45, 2.75) is 79.1 Å². The van der Waals surface area contributed by atoms with Gasteiger partial charge in [-0.15, -0.1) is 0 Å². The summed E-state index contributed by atoms with van der Waals surface area (Å²) in [5.41, 5.74) is 1.05. The van der Waals surface area contributed by atoms with Crippen LogP contribution in [0.5, 0.6) is 0 Å². The number of allylic oxidation sites excluding steroid dienone is 1. The molecule has 100 valence electrons. The summed E-state index contributed by atoms with van der Waals surface area (Å²) >= 11 is 0. The SMILES string of the molecule is CCCCCC(=C=O)C(CCCCC)C(C)C. The summed E-state index contributed by atoms with van der Waals surface area (Å²) in [6.07, 6.45) is 9.51. The molecule has 0 aliphatic rings. The fourth-order valence-electron chi connectivity index (χ4n) is 2.40. The third-order valence-electron chi connectivity index (χ3n) is 3.55. The molecule has 1 heteroatoms. The number of carbonyl (C=O) groups excluding carboxylic acids is 1. The first kappa shape index (κ1) is 16.4. The first-order valence-electron chi connectivity index (χ1n) is 7.41. The molecule has 0 fully saturated rings. The summed E-state index contributed by atoms with van der Waals surface area (Å²) in [7, 11) is 0. The van der Waals surface area contributed by atoms with Crippen molar-refractivity contribution in [1.29, 1.82) is 0 Å². The lowest BCUT2D eigenvalue weighted by Gasteiger charge is -2.21. The first-order chi connectivity index (χ1) is 8.17. The average molecular weight is 238 g/mol. The minimum atomic E-state index is 0.468. The Labute approximate surface area is 108 Å². The van der Waals surface area contributed by atoms with Crippen molar-refractivity contribution in [2.24, 2.45) is 11.8 Å². The molecule has 0 bridgehead atoms. The molecule has 0 aromatic rings. The van der Waals surface area contributed by atoms with Crippen molar-refractivity contribution in [2.75, 3.05) is 0 Å². The maximum atomic E-state index is 11.1. The summed E-state index contributed by atoms with van der Waals surface area (Å²) in [5.74, 6) is 3.28. The van der Waals surface area contributed by atoms with Crippen LogP contribution >= 0.6 is 0 Å². The largest absolute Gasteiger partial charge is 0.234 e. The summed E-state index contributed by atoms with van der Waals surface area (Å²) in [6, 6.07) is 0. The molecule has 1 atom stereocenters. The van der Waals surface area contributed by atoms with Gasteiger partial charge in [-0.05, 0) is 31.1 Å². The van der Waals surface area contributed by atoms with E-state index < -0.39 is 0 Å². The smallest absolute Gasteiger partial charge is 0.123 e. The summed E-state index contributed by atoms with van der Waals surface area (Å²) in [5, 5.41) is 0. The highest BCUT2D eigenvalue weighted by molar-refractivity contribution is 5.53. The van der Waals surface area contributed by atoms with Crippen LogP contribution in [0.4, 0.5) is 0 Å². The van der Waals surface area contributed by atoms with Crippen molar-refractivity contribution in [3.8, 4) is 0 Å². The Balaban J connectivity index is 4.27. The van der Waals surface area contributed by atoms with E-state index in [9.17, 15) is 4.79 Å². The Morgan fingerprint density at radius 2 is 1.59 bits per heavy atom. The van der Waals surface area contributed by atoms with Gasteiger partial charge in [0, 0.05) is 5.57 Å². The zero-order chi connectivity index (χ0) is 13.1. The van der Waals surface area contributed by atoms with E-state index in [1.165, 1.54) is 38.5 Å². The molecular formula is C16H30O. The maximum absolute atomic E-state index is 11.1. The predicted molar refractivity (Wildman–Crippen MR) is 75.8 cm³/mol. The van der Waals surface area contributed by atoms with Crippen molar-refractivity contribution >= 4 is 5.94 Å². The van der Waals surface area contributed by atoms with Crippen LogP contribution in [-0.4, -0.2) is 5.94 Å². The van der Waals surface area contributed by atoms with Gasteiger partial charge in [-0.25, -0.2) is 4.79 Å². The minimum absolute atomic E-state index is 0.468. The Morgan fingerprint density at radius 1 is 1.00 bits per heavy atom. The molecule has 1 nitrogen and oxygen atoms in total. The zero-order valence-corrected chi connectivity index (χ0v) is 12.2. The van der Waals surface area contributed by atoms with E-state index in [1.807, 2.05) is 0 Å². The van der Waals surface area contributed by atoms with Crippen molar-refractivity contribution in [1.82, 2.24) is 0 Å². The molecule has 0 amide bonds. The summed E-state index contributed by atoms with van der Waals surface area (Å²) in [6.45, 7) is 8.88. The quantitative estimate of drug-likeness (QED) is 0.379. The van der Waals surface area contributed by atoms with E-state index in [1.54, 1.807) is 0 Å². The molecular weight excluding hydrogens is 208 g/mol. The second kappa shape index (κ2) is 10.6. The van der Waals surface area contributed by atoms with Crippen LogP contribution in [0, 0.1) is 11.8 Å². The monoisotopic (exact) mass is 238 g/mol.